The second-order valence-corrected chi connectivity index (χ2v) is 9.13. The molecule has 34 heavy (non-hydrogen) atoms. The van der Waals surface area contributed by atoms with E-state index in [1.807, 2.05) is 64.1 Å². The molecule has 0 radical (unpaired) electrons. The van der Waals surface area contributed by atoms with Crippen molar-refractivity contribution in [3.05, 3.63) is 47.7 Å². The van der Waals surface area contributed by atoms with Crippen molar-refractivity contribution in [1.82, 2.24) is 9.88 Å². The van der Waals surface area contributed by atoms with Gasteiger partial charge in [0.1, 0.15) is 23.8 Å². The van der Waals surface area contributed by atoms with Crippen molar-refractivity contribution in [3.8, 4) is 5.75 Å². The summed E-state index contributed by atoms with van der Waals surface area (Å²) in [5.41, 5.74) is 7.64. The topological polar surface area (TPSA) is 114 Å². The lowest BCUT2D eigenvalue weighted by atomic mass is 10.1. The number of pyridine rings is 1. The fourth-order valence-electron chi connectivity index (χ4n) is 3.50. The van der Waals surface area contributed by atoms with E-state index in [1.54, 1.807) is 4.90 Å². The third-order valence-electron chi connectivity index (χ3n) is 5.22. The number of amides is 1. The number of aryl methyl sites for hydroxylation is 1. The number of likely N-dealkylation sites (tertiary alicyclic amines) is 1. The number of hydrogen-bond donors (Lipinski definition) is 2. The molecule has 1 amide bonds. The van der Waals surface area contributed by atoms with Gasteiger partial charge in [0.05, 0.1) is 17.7 Å². The van der Waals surface area contributed by atoms with Gasteiger partial charge in [-0.1, -0.05) is 12.1 Å². The molecule has 3 N–H and O–H groups in total. The van der Waals surface area contributed by atoms with E-state index < -0.39 is 5.60 Å². The molecule has 1 saturated heterocycles. The summed E-state index contributed by atoms with van der Waals surface area (Å²) in [4.78, 5) is 26.3. The maximum atomic E-state index is 12.2. The lowest BCUT2D eigenvalue weighted by Crippen LogP contribution is -2.44. The van der Waals surface area contributed by atoms with E-state index in [-0.39, 0.29) is 12.2 Å². The van der Waals surface area contributed by atoms with Crippen LogP contribution in [0.2, 0.25) is 0 Å². The van der Waals surface area contributed by atoms with Gasteiger partial charge in [-0.2, -0.15) is 0 Å². The number of rotatable bonds is 7. The van der Waals surface area contributed by atoms with Crippen LogP contribution in [0.4, 0.5) is 16.3 Å². The van der Waals surface area contributed by atoms with Crippen LogP contribution in [0, 0.1) is 6.92 Å². The molecule has 0 bridgehead atoms. The largest absolute Gasteiger partial charge is 0.490 e. The fourth-order valence-corrected chi connectivity index (χ4v) is 3.50. The lowest BCUT2D eigenvalue weighted by Gasteiger charge is -2.33. The summed E-state index contributed by atoms with van der Waals surface area (Å²) in [7, 11) is 0. The van der Waals surface area contributed by atoms with Gasteiger partial charge in [0.2, 0.25) is 0 Å². The highest BCUT2D eigenvalue weighted by Crippen LogP contribution is 2.22. The molecule has 1 aromatic heterocycles. The van der Waals surface area contributed by atoms with Crippen molar-refractivity contribution in [2.24, 2.45) is 15.7 Å². The first-order chi connectivity index (χ1) is 16.2. The van der Waals surface area contributed by atoms with E-state index in [4.69, 9.17) is 15.2 Å². The average molecular weight is 467 g/mol. The Morgan fingerprint density at radius 1 is 1.21 bits per heavy atom. The van der Waals surface area contributed by atoms with Crippen molar-refractivity contribution < 1.29 is 14.3 Å². The molecule has 1 fully saturated rings. The highest BCUT2D eigenvalue weighted by molar-refractivity contribution is 5.71. The summed E-state index contributed by atoms with van der Waals surface area (Å²) in [5, 5.41) is 3.40. The third-order valence-corrected chi connectivity index (χ3v) is 5.22. The number of piperidine rings is 1. The third kappa shape index (κ3) is 7.75. The first-order valence-electron chi connectivity index (χ1n) is 11.4. The van der Waals surface area contributed by atoms with Crippen LogP contribution in [0.5, 0.6) is 5.75 Å². The number of benzene rings is 1. The maximum absolute atomic E-state index is 12.2. The normalized spacial score (nSPS) is 15.1. The Morgan fingerprint density at radius 3 is 2.53 bits per heavy atom. The van der Waals surface area contributed by atoms with Gasteiger partial charge in [-0.05, 0) is 57.5 Å². The number of nitrogens with two attached hydrogens (primary N) is 1. The predicted octanol–water partition coefficient (Wildman–Crippen LogP) is 4.43. The number of nitrogens with zero attached hydrogens (tertiary/aromatic N) is 4. The number of aliphatic imine (C=N–C) groups is 2. The molecule has 0 saturated carbocycles. The highest BCUT2D eigenvalue weighted by atomic mass is 16.6. The van der Waals surface area contributed by atoms with Gasteiger partial charge in [0.15, 0.2) is 5.82 Å². The molecule has 0 atom stereocenters. The molecular weight excluding hydrogens is 432 g/mol. The standard InChI is InChI=1S/C25H34N6O3/c1-18-22(9-10-23(30-18)29-17-27-16-26)28-15-19-5-7-20(8-6-19)33-21-11-13-31(14-12-21)24(32)34-25(2,3)4/h5-10,16-17,21,28H,11-15H2,1-4H3,(H2,26,27,29,30). The minimum absolute atomic E-state index is 0.0908. The Bertz CT molecular complexity index is 1010. The summed E-state index contributed by atoms with van der Waals surface area (Å²) < 4.78 is 11.6. The molecule has 0 aliphatic carbocycles. The zero-order valence-corrected chi connectivity index (χ0v) is 20.3. The summed E-state index contributed by atoms with van der Waals surface area (Å²) in [6.45, 7) is 9.51. The zero-order valence-electron chi connectivity index (χ0n) is 20.3. The fraction of sp³-hybridized carbons (Fsp3) is 0.440. The van der Waals surface area contributed by atoms with Crippen LogP contribution in [-0.2, 0) is 11.3 Å². The molecule has 2 aromatic rings. The lowest BCUT2D eigenvalue weighted by molar-refractivity contribution is 0.0126. The van der Waals surface area contributed by atoms with Gasteiger partial charge in [0, 0.05) is 32.5 Å². The monoisotopic (exact) mass is 466 g/mol. The Labute approximate surface area is 201 Å². The summed E-state index contributed by atoms with van der Waals surface area (Å²) in [6, 6.07) is 11.8. The smallest absolute Gasteiger partial charge is 0.410 e. The van der Waals surface area contributed by atoms with Gasteiger partial charge in [0.25, 0.3) is 0 Å². The highest BCUT2D eigenvalue weighted by Gasteiger charge is 2.27. The molecule has 9 nitrogen and oxygen atoms in total. The van der Waals surface area contributed by atoms with Crippen LogP contribution in [0.3, 0.4) is 0 Å². The van der Waals surface area contributed by atoms with E-state index in [1.165, 1.54) is 12.7 Å². The summed E-state index contributed by atoms with van der Waals surface area (Å²) in [6.07, 6.45) is 3.95. The van der Waals surface area contributed by atoms with Crippen LogP contribution >= 0.6 is 0 Å². The summed E-state index contributed by atoms with van der Waals surface area (Å²) >= 11 is 0. The van der Waals surface area contributed by atoms with E-state index in [0.717, 1.165) is 35.5 Å². The number of nitrogens with one attached hydrogen (secondary N) is 1. The van der Waals surface area contributed by atoms with Crippen LogP contribution in [0.1, 0.15) is 44.9 Å². The molecule has 182 valence electrons. The average Bonchev–Trinajstić information content (AvgIpc) is 2.79. The van der Waals surface area contributed by atoms with Crippen molar-refractivity contribution in [3.63, 3.8) is 0 Å². The zero-order chi connectivity index (χ0) is 24.6. The van der Waals surface area contributed by atoms with Gasteiger partial charge in [-0.3, -0.25) is 0 Å². The number of carbonyl (C=O) groups is 1. The first kappa shape index (κ1) is 25.0. The number of hydrogen-bond acceptors (Lipinski definition) is 6. The molecule has 0 spiro atoms. The van der Waals surface area contributed by atoms with Crippen molar-refractivity contribution in [2.75, 3.05) is 18.4 Å². The van der Waals surface area contributed by atoms with Gasteiger partial charge in [-0.15, -0.1) is 0 Å². The molecule has 0 unspecified atom stereocenters. The Kier molecular flexibility index (Phi) is 8.45. The predicted molar refractivity (Wildman–Crippen MR) is 135 cm³/mol. The SMILES string of the molecule is Cc1nc(N=CN=CN)ccc1NCc1ccc(OC2CCN(C(=O)OC(C)(C)C)CC2)cc1. The maximum Gasteiger partial charge on any atom is 0.410 e. The Morgan fingerprint density at radius 2 is 1.91 bits per heavy atom. The first-order valence-corrected chi connectivity index (χ1v) is 11.4. The molecular formula is C25H34N6O3. The Balaban J connectivity index is 1.46. The second-order valence-electron chi connectivity index (χ2n) is 9.13. The van der Waals surface area contributed by atoms with E-state index >= 15 is 0 Å². The van der Waals surface area contributed by atoms with Crippen LogP contribution in [0.25, 0.3) is 0 Å². The second kappa shape index (κ2) is 11.5. The molecule has 1 aromatic carbocycles. The van der Waals surface area contributed by atoms with Crippen molar-refractivity contribution in [2.45, 2.75) is 58.8 Å². The van der Waals surface area contributed by atoms with Crippen molar-refractivity contribution in [1.29, 1.82) is 0 Å². The summed E-state index contributed by atoms with van der Waals surface area (Å²) in [5.74, 6) is 1.41. The quantitative estimate of drug-likeness (QED) is 0.461. The van der Waals surface area contributed by atoms with Crippen LogP contribution in [-0.4, -0.2) is 53.4 Å². The molecule has 9 heteroatoms. The molecule has 1 aliphatic rings. The minimum atomic E-state index is -0.478. The number of carbonyl (C=O) groups excluding carboxylic acids is 1. The molecule has 1 aliphatic heterocycles. The van der Waals surface area contributed by atoms with Crippen molar-refractivity contribution >= 4 is 30.3 Å². The van der Waals surface area contributed by atoms with Crippen LogP contribution in [0.15, 0.2) is 46.4 Å². The minimum Gasteiger partial charge on any atom is -0.490 e. The van der Waals surface area contributed by atoms with Crippen LogP contribution < -0.4 is 15.8 Å². The number of ether oxygens (including phenoxy) is 2. The van der Waals surface area contributed by atoms with E-state index in [9.17, 15) is 4.79 Å². The molecule has 3 rings (SSSR count). The van der Waals surface area contributed by atoms with Gasteiger partial charge >= 0.3 is 6.09 Å². The van der Waals surface area contributed by atoms with E-state index in [0.29, 0.717) is 25.5 Å². The Hall–Kier alpha value is -3.62. The van der Waals surface area contributed by atoms with E-state index in [2.05, 4.69) is 20.3 Å². The number of aromatic nitrogens is 1. The number of anilines is 1. The van der Waals surface area contributed by atoms with Gasteiger partial charge in [-0.25, -0.2) is 19.8 Å². The molecule has 2 heterocycles. The van der Waals surface area contributed by atoms with Gasteiger partial charge < -0.3 is 25.4 Å².